The molecule has 0 spiro atoms. The number of fused-ring (bicyclic) bond motifs is 1. The number of hydrogen-bond acceptors (Lipinski definition) is 7. The zero-order chi connectivity index (χ0) is 30.8. The molecule has 1 aliphatic heterocycles. The van der Waals surface area contributed by atoms with Gasteiger partial charge in [0.25, 0.3) is 0 Å². The molecule has 1 saturated heterocycles. The second-order valence-corrected chi connectivity index (χ2v) is 13.7. The van der Waals surface area contributed by atoms with E-state index in [1.807, 2.05) is 26.1 Å². The van der Waals surface area contributed by atoms with E-state index in [0.717, 1.165) is 78.5 Å². The molecule has 0 radical (unpaired) electrons. The van der Waals surface area contributed by atoms with Gasteiger partial charge in [-0.1, -0.05) is 26.0 Å². The van der Waals surface area contributed by atoms with E-state index >= 15 is 4.39 Å². The van der Waals surface area contributed by atoms with E-state index in [1.165, 1.54) is 11.6 Å². The van der Waals surface area contributed by atoms with Gasteiger partial charge in [-0.05, 0) is 66.8 Å². The maximum atomic E-state index is 15.0. The fraction of sp³-hybridized carbons (Fsp3) is 0.412. The Bertz CT molecular complexity index is 1660. The van der Waals surface area contributed by atoms with Gasteiger partial charge in [-0.15, -0.1) is 11.3 Å². The predicted molar refractivity (Wildman–Crippen MR) is 173 cm³/mol. The highest BCUT2D eigenvalue weighted by molar-refractivity contribution is 7.22. The summed E-state index contributed by atoms with van der Waals surface area (Å²) in [6.45, 7) is 11.2. The van der Waals surface area contributed by atoms with Gasteiger partial charge in [0.05, 0.1) is 20.8 Å². The lowest BCUT2D eigenvalue weighted by atomic mass is 9.88. The van der Waals surface area contributed by atoms with Gasteiger partial charge in [0, 0.05) is 75.2 Å². The van der Waals surface area contributed by atoms with E-state index in [-0.39, 0.29) is 29.1 Å². The van der Waals surface area contributed by atoms with Crippen LogP contribution in [0.2, 0.25) is 0 Å². The molecule has 1 aliphatic carbocycles. The number of amides is 2. The Labute approximate surface area is 261 Å². The third-order valence-corrected chi connectivity index (χ3v) is 9.84. The fourth-order valence-corrected chi connectivity index (χ4v) is 6.61. The van der Waals surface area contributed by atoms with Crippen LogP contribution in [0, 0.1) is 11.2 Å². The van der Waals surface area contributed by atoms with Crippen LogP contribution in [-0.4, -0.2) is 70.3 Å². The molecule has 1 aromatic carbocycles. The summed E-state index contributed by atoms with van der Waals surface area (Å²) < 4.78 is 16.1. The first-order valence-corrected chi connectivity index (χ1v) is 16.1. The minimum Gasteiger partial charge on any atom is -0.335 e. The van der Waals surface area contributed by atoms with Crippen LogP contribution in [0.3, 0.4) is 0 Å². The number of ketones is 1. The van der Waals surface area contributed by atoms with Crippen molar-refractivity contribution in [1.82, 2.24) is 25.1 Å². The molecular weight excluding hydrogens is 575 g/mol. The van der Waals surface area contributed by atoms with Gasteiger partial charge in [-0.25, -0.2) is 9.18 Å². The Morgan fingerprint density at radius 2 is 1.77 bits per heavy atom. The largest absolute Gasteiger partial charge is 0.335 e. The van der Waals surface area contributed by atoms with Crippen LogP contribution in [0.15, 0.2) is 54.9 Å². The number of aromatic nitrogens is 2. The van der Waals surface area contributed by atoms with Gasteiger partial charge in [0.1, 0.15) is 11.6 Å². The first-order chi connectivity index (χ1) is 21.1. The van der Waals surface area contributed by atoms with Gasteiger partial charge in [0.2, 0.25) is 0 Å². The summed E-state index contributed by atoms with van der Waals surface area (Å²) in [5, 5.41) is 5.56. The average molecular weight is 615 g/mol. The molecule has 0 unspecified atom stereocenters. The van der Waals surface area contributed by atoms with Gasteiger partial charge in [-0.2, -0.15) is 0 Å². The first kappa shape index (κ1) is 30.3. The quantitative estimate of drug-likeness (QED) is 0.224. The number of carbonyl (C=O) groups excluding carboxylic acids is 2. The minimum atomic E-state index is -0.352. The van der Waals surface area contributed by atoms with Gasteiger partial charge < -0.3 is 10.6 Å². The monoisotopic (exact) mass is 614 g/mol. The topological polar surface area (TPSA) is 90.5 Å². The Kier molecular flexibility index (Phi) is 8.75. The highest BCUT2D eigenvalue weighted by Crippen LogP contribution is 2.35. The molecular formula is C34H39FN6O2S. The number of nitrogens with one attached hydrogen (secondary N) is 2. The molecule has 0 atom stereocenters. The number of piperazine rings is 1. The highest BCUT2D eigenvalue weighted by Gasteiger charge is 2.28. The molecule has 2 aliphatic rings. The van der Waals surface area contributed by atoms with E-state index < -0.39 is 0 Å². The summed E-state index contributed by atoms with van der Waals surface area (Å²) >= 11 is 1.62. The Hall–Kier alpha value is -3.73. The summed E-state index contributed by atoms with van der Waals surface area (Å²) in [6, 6.07) is 13.0. The molecule has 3 aromatic heterocycles. The number of halogens is 1. The zero-order valence-corrected chi connectivity index (χ0v) is 26.3. The number of carbonyl (C=O) groups is 2. The molecule has 4 heterocycles. The SMILES string of the molecule is CC(=O)C(C)(C)CN1CCN(Cc2ccc(-c3cc4nccc(Cc5ccc(NC(=O)NC6CC6)cc5F)c4s3)nc2)CC1. The summed E-state index contributed by atoms with van der Waals surface area (Å²) in [7, 11) is 0. The predicted octanol–water partition coefficient (Wildman–Crippen LogP) is 6.10. The number of Topliss-reactive ketones (excluding diaryl/α,β-unsaturated/α-hetero) is 1. The van der Waals surface area contributed by atoms with Crippen LogP contribution in [-0.2, 0) is 17.8 Å². The maximum Gasteiger partial charge on any atom is 0.319 e. The molecule has 0 bridgehead atoms. The molecule has 1 saturated carbocycles. The van der Waals surface area contributed by atoms with Gasteiger partial charge >= 0.3 is 6.03 Å². The number of hydrogen-bond donors (Lipinski definition) is 2. The molecule has 230 valence electrons. The minimum absolute atomic E-state index is 0.236. The van der Waals surface area contributed by atoms with Crippen molar-refractivity contribution in [3.63, 3.8) is 0 Å². The Morgan fingerprint density at radius 1 is 1.00 bits per heavy atom. The summed E-state index contributed by atoms with van der Waals surface area (Å²) in [6.07, 6.45) is 6.13. The van der Waals surface area contributed by atoms with Crippen molar-refractivity contribution in [2.24, 2.45) is 5.41 Å². The molecule has 4 aromatic rings. The highest BCUT2D eigenvalue weighted by atomic mass is 32.1. The number of anilines is 1. The van der Waals surface area contributed by atoms with Crippen molar-refractivity contribution in [2.45, 2.75) is 52.6 Å². The Morgan fingerprint density at radius 3 is 2.45 bits per heavy atom. The standard InChI is InChI=1S/C34H39FN6O2S/c1-22(42)34(2,3)21-41-14-12-40(13-15-41)20-23-4-9-29(37-19-23)31-18-30-32(44-31)25(10-11-36-30)16-24-5-6-27(17-28(24)35)39-33(43)38-26-7-8-26/h4-6,9-11,17-19,26H,7-8,12-16,20-21H2,1-3H3,(H2,38,39,43). The number of nitrogens with zero attached hydrogens (tertiary/aromatic N) is 4. The van der Waals surface area contributed by atoms with E-state index in [0.29, 0.717) is 17.7 Å². The lowest BCUT2D eigenvalue weighted by Crippen LogP contribution is -2.49. The summed E-state index contributed by atoms with van der Waals surface area (Å²) in [5.74, 6) is -0.116. The second kappa shape index (κ2) is 12.7. The fourth-order valence-electron chi connectivity index (χ4n) is 5.51. The number of rotatable bonds is 10. The molecule has 2 amide bonds. The van der Waals surface area contributed by atoms with Crippen LogP contribution in [0.25, 0.3) is 20.8 Å². The summed E-state index contributed by atoms with van der Waals surface area (Å²) in [4.78, 5) is 39.1. The molecule has 2 N–H and O–H groups in total. The van der Waals surface area contributed by atoms with Gasteiger partial charge in [-0.3, -0.25) is 24.6 Å². The van der Waals surface area contributed by atoms with Gasteiger partial charge in [0.15, 0.2) is 0 Å². The van der Waals surface area contributed by atoms with Crippen molar-refractivity contribution < 1.29 is 14.0 Å². The van der Waals surface area contributed by atoms with Crippen molar-refractivity contribution in [2.75, 3.05) is 38.0 Å². The van der Waals surface area contributed by atoms with Crippen molar-refractivity contribution >= 4 is 39.1 Å². The smallest absolute Gasteiger partial charge is 0.319 e. The molecule has 8 nitrogen and oxygen atoms in total. The number of urea groups is 1. The van der Waals surface area contributed by atoms with Crippen molar-refractivity contribution in [3.8, 4) is 10.6 Å². The van der Waals surface area contributed by atoms with Crippen molar-refractivity contribution in [1.29, 1.82) is 0 Å². The average Bonchev–Trinajstić information content (AvgIpc) is 3.69. The van der Waals surface area contributed by atoms with Crippen LogP contribution >= 0.6 is 11.3 Å². The number of pyridine rings is 2. The lowest BCUT2D eigenvalue weighted by molar-refractivity contribution is -0.126. The number of thiophene rings is 1. The van der Waals surface area contributed by atoms with Crippen LogP contribution < -0.4 is 10.6 Å². The van der Waals surface area contributed by atoms with E-state index in [2.05, 4.69) is 43.6 Å². The maximum absolute atomic E-state index is 15.0. The third kappa shape index (κ3) is 7.31. The van der Waals surface area contributed by atoms with Crippen LogP contribution in [0.1, 0.15) is 50.3 Å². The van der Waals surface area contributed by atoms with Crippen LogP contribution in [0.4, 0.5) is 14.9 Å². The molecule has 6 rings (SSSR count). The van der Waals surface area contributed by atoms with Crippen LogP contribution in [0.5, 0.6) is 0 Å². The van der Waals surface area contributed by atoms with E-state index in [9.17, 15) is 9.59 Å². The lowest BCUT2D eigenvalue weighted by Gasteiger charge is -2.38. The third-order valence-electron chi connectivity index (χ3n) is 8.62. The first-order valence-electron chi connectivity index (χ1n) is 15.3. The molecule has 2 fully saturated rings. The zero-order valence-electron chi connectivity index (χ0n) is 25.5. The van der Waals surface area contributed by atoms with E-state index in [4.69, 9.17) is 4.98 Å². The number of benzene rings is 1. The Balaban J connectivity index is 1.08. The molecule has 44 heavy (non-hydrogen) atoms. The van der Waals surface area contributed by atoms with E-state index in [1.54, 1.807) is 36.6 Å². The normalized spacial score (nSPS) is 16.3. The molecule has 10 heteroatoms. The second-order valence-electron chi connectivity index (χ2n) is 12.7. The van der Waals surface area contributed by atoms with Crippen molar-refractivity contribution in [3.05, 3.63) is 77.4 Å². The summed E-state index contributed by atoms with van der Waals surface area (Å²) in [5.41, 5.74) is 4.63.